The largest absolute Gasteiger partial charge is 0.493 e. The number of nitrogens with two attached hydrogens (primary N) is 1. The van der Waals surface area contributed by atoms with E-state index in [1.807, 2.05) is 12.1 Å². The Hall–Kier alpha value is -3.84. The number of nitrogens with one attached hydrogen (secondary N) is 1. The SMILES string of the molecule is CC(C)(C)OC(N)=O.Cc1ccccc1-c1ccc(CCOc2ccc(NC(=O)C(C)CO)cc2)cc1. The Balaban J connectivity index is 0.000000521. The van der Waals surface area contributed by atoms with Gasteiger partial charge in [0.2, 0.25) is 5.91 Å². The van der Waals surface area contributed by atoms with Gasteiger partial charge in [-0.25, -0.2) is 4.79 Å². The van der Waals surface area contributed by atoms with Crippen LogP contribution in [0.5, 0.6) is 5.75 Å². The lowest BCUT2D eigenvalue weighted by atomic mass is 9.99. The van der Waals surface area contributed by atoms with E-state index in [1.54, 1.807) is 39.8 Å². The first-order valence-electron chi connectivity index (χ1n) is 12.3. The Morgan fingerprint density at radius 2 is 1.59 bits per heavy atom. The molecule has 0 saturated heterocycles. The molecule has 3 rings (SSSR count). The second kappa shape index (κ2) is 14.0. The van der Waals surface area contributed by atoms with Crippen LogP contribution in [0.25, 0.3) is 11.1 Å². The molecule has 0 aliphatic rings. The van der Waals surface area contributed by atoms with E-state index in [-0.39, 0.29) is 12.5 Å². The molecule has 0 heterocycles. The van der Waals surface area contributed by atoms with Gasteiger partial charge in [0.25, 0.3) is 0 Å². The second-order valence-electron chi connectivity index (χ2n) is 9.74. The van der Waals surface area contributed by atoms with Crippen molar-refractivity contribution in [2.24, 2.45) is 11.7 Å². The Bertz CT molecular complexity index is 1140. The van der Waals surface area contributed by atoms with Gasteiger partial charge in [0.15, 0.2) is 0 Å². The van der Waals surface area contributed by atoms with Crippen LogP contribution in [0, 0.1) is 12.8 Å². The molecular weight excluding hydrogens is 468 g/mol. The fourth-order valence-electron chi connectivity index (χ4n) is 3.32. The highest BCUT2D eigenvalue weighted by atomic mass is 16.6. The molecule has 4 N–H and O–H groups in total. The van der Waals surface area contributed by atoms with Crippen LogP contribution in [0.1, 0.15) is 38.8 Å². The van der Waals surface area contributed by atoms with E-state index < -0.39 is 17.6 Å². The van der Waals surface area contributed by atoms with E-state index in [9.17, 15) is 9.59 Å². The average Bonchev–Trinajstić information content (AvgIpc) is 2.84. The fourth-order valence-corrected chi connectivity index (χ4v) is 3.32. The van der Waals surface area contributed by atoms with E-state index in [4.69, 9.17) is 15.6 Å². The Labute approximate surface area is 219 Å². The monoisotopic (exact) mass is 506 g/mol. The van der Waals surface area contributed by atoms with Crippen LogP contribution in [0.2, 0.25) is 0 Å². The molecule has 2 amide bonds. The highest BCUT2D eigenvalue weighted by Gasteiger charge is 2.13. The van der Waals surface area contributed by atoms with Gasteiger partial charge in [0.05, 0.1) is 19.1 Å². The van der Waals surface area contributed by atoms with Crippen LogP contribution in [-0.4, -0.2) is 35.9 Å². The molecule has 0 bridgehead atoms. The third kappa shape index (κ3) is 10.8. The number of carbonyl (C=O) groups is 2. The number of amides is 2. The van der Waals surface area contributed by atoms with Crippen molar-refractivity contribution in [1.29, 1.82) is 0 Å². The van der Waals surface area contributed by atoms with E-state index in [2.05, 4.69) is 65.5 Å². The van der Waals surface area contributed by atoms with E-state index in [1.165, 1.54) is 22.3 Å². The fraction of sp³-hybridized carbons (Fsp3) is 0.333. The number of ether oxygens (including phenoxy) is 2. The van der Waals surface area contributed by atoms with Crippen molar-refractivity contribution < 1.29 is 24.2 Å². The first-order chi connectivity index (χ1) is 17.5. The van der Waals surface area contributed by atoms with Gasteiger partial charge >= 0.3 is 6.09 Å². The van der Waals surface area contributed by atoms with Gasteiger partial charge in [-0.2, -0.15) is 0 Å². The van der Waals surface area contributed by atoms with E-state index >= 15 is 0 Å². The van der Waals surface area contributed by atoms with Gasteiger partial charge in [-0.05, 0) is 74.2 Å². The minimum absolute atomic E-state index is 0.168. The summed E-state index contributed by atoms with van der Waals surface area (Å²) < 4.78 is 10.4. The highest BCUT2D eigenvalue weighted by molar-refractivity contribution is 5.92. The number of carbonyl (C=O) groups excluding carboxylic acids is 2. The quantitative estimate of drug-likeness (QED) is 0.361. The van der Waals surface area contributed by atoms with Crippen molar-refractivity contribution in [3.05, 3.63) is 83.9 Å². The summed E-state index contributed by atoms with van der Waals surface area (Å²) in [5.74, 6) is 0.133. The number of hydrogen-bond acceptors (Lipinski definition) is 5. The molecule has 198 valence electrons. The van der Waals surface area contributed by atoms with Crippen LogP contribution in [0.4, 0.5) is 10.5 Å². The molecule has 0 aliphatic carbocycles. The highest BCUT2D eigenvalue weighted by Crippen LogP contribution is 2.23. The Morgan fingerprint density at radius 3 is 2.11 bits per heavy atom. The van der Waals surface area contributed by atoms with Crippen LogP contribution in [0.3, 0.4) is 0 Å². The molecule has 0 aliphatic heterocycles. The maximum atomic E-state index is 11.8. The Morgan fingerprint density at radius 1 is 0.973 bits per heavy atom. The molecule has 37 heavy (non-hydrogen) atoms. The van der Waals surface area contributed by atoms with Crippen molar-refractivity contribution in [2.45, 2.75) is 46.6 Å². The van der Waals surface area contributed by atoms with E-state index in [0.717, 1.165) is 12.2 Å². The lowest BCUT2D eigenvalue weighted by Crippen LogP contribution is -2.27. The zero-order chi connectivity index (χ0) is 27.4. The van der Waals surface area contributed by atoms with Crippen LogP contribution in [-0.2, 0) is 16.0 Å². The zero-order valence-corrected chi connectivity index (χ0v) is 22.3. The summed E-state index contributed by atoms with van der Waals surface area (Å²) in [6, 6.07) is 24.3. The molecule has 3 aromatic rings. The third-order valence-electron chi connectivity index (χ3n) is 5.32. The van der Waals surface area contributed by atoms with Crippen molar-refractivity contribution in [1.82, 2.24) is 0 Å². The summed E-state index contributed by atoms with van der Waals surface area (Å²) in [5, 5.41) is 11.8. The molecule has 0 fully saturated rings. The van der Waals surface area contributed by atoms with Crippen LogP contribution in [0.15, 0.2) is 72.8 Å². The lowest BCUT2D eigenvalue weighted by Gasteiger charge is -2.16. The molecule has 3 aromatic carbocycles. The molecule has 7 nitrogen and oxygen atoms in total. The number of hydrogen-bond donors (Lipinski definition) is 3. The van der Waals surface area contributed by atoms with Crippen LogP contribution >= 0.6 is 0 Å². The van der Waals surface area contributed by atoms with Gasteiger partial charge in [-0.15, -0.1) is 0 Å². The smallest absolute Gasteiger partial charge is 0.405 e. The molecule has 0 spiro atoms. The summed E-state index contributed by atoms with van der Waals surface area (Å²) >= 11 is 0. The topological polar surface area (TPSA) is 111 Å². The molecule has 1 atom stereocenters. The van der Waals surface area contributed by atoms with Gasteiger partial charge in [0, 0.05) is 12.1 Å². The summed E-state index contributed by atoms with van der Waals surface area (Å²) in [7, 11) is 0. The summed E-state index contributed by atoms with van der Waals surface area (Å²) in [6.45, 7) is 9.50. The predicted molar refractivity (Wildman–Crippen MR) is 148 cm³/mol. The number of primary amides is 1. The number of aliphatic hydroxyl groups excluding tert-OH is 1. The minimum atomic E-state index is -0.725. The Kier molecular flexibility index (Phi) is 11.2. The standard InChI is InChI=1S/C25H27NO3.C5H11NO2/c1-18-5-3-4-6-24(18)21-9-7-20(8-10-21)15-16-29-23-13-11-22(12-14-23)26-25(28)19(2)17-27;1-5(2,3)8-4(6)7/h3-14,19,27H,15-17H2,1-2H3,(H,26,28);1-3H3,(H2,6,7). The number of anilines is 1. The first kappa shape index (κ1) is 29.4. The minimum Gasteiger partial charge on any atom is -0.493 e. The van der Waals surface area contributed by atoms with Crippen molar-refractivity contribution in [3.63, 3.8) is 0 Å². The second-order valence-corrected chi connectivity index (χ2v) is 9.74. The zero-order valence-electron chi connectivity index (χ0n) is 22.3. The van der Waals surface area contributed by atoms with E-state index in [0.29, 0.717) is 12.3 Å². The molecular formula is C30H38N2O5. The molecule has 7 heteroatoms. The van der Waals surface area contributed by atoms with Gasteiger partial charge in [-0.1, -0.05) is 55.5 Å². The molecule has 0 aromatic heterocycles. The predicted octanol–water partition coefficient (Wildman–Crippen LogP) is 5.73. The number of aliphatic hydroxyl groups is 1. The van der Waals surface area contributed by atoms with Crippen LogP contribution < -0.4 is 15.8 Å². The van der Waals surface area contributed by atoms with Gasteiger partial charge in [0.1, 0.15) is 11.4 Å². The average molecular weight is 507 g/mol. The lowest BCUT2D eigenvalue weighted by molar-refractivity contribution is -0.120. The third-order valence-corrected chi connectivity index (χ3v) is 5.32. The van der Waals surface area contributed by atoms with Crippen molar-refractivity contribution in [3.8, 4) is 16.9 Å². The first-order valence-corrected chi connectivity index (χ1v) is 12.3. The van der Waals surface area contributed by atoms with Gasteiger partial charge in [-0.3, -0.25) is 4.79 Å². The summed E-state index contributed by atoms with van der Waals surface area (Å²) in [5.41, 5.74) is 9.94. The number of benzene rings is 3. The van der Waals surface area contributed by atoms with Crippen molar-refractivity contribution in [2.75, 3.05) is 18.5 Å². The normalized spacial score (nSPS) is 11.5. The van der Waals surface area contributed by atoms with Crippen molar-refractivity contribution >= 4 is 17.7 Å². The number of aryl methyl sites for hydroxylation is 1. The summed E-state index contributed by atoms with van der Waals surface area (Å²) in [6.07, 6.45) is 0.0955. The maximum Gasteiger partial charge on any atom is 0.405 e. The number of rotatable bonds is 8. The molecule has 0 radical (unpaired) electrons. The summed E-state index contributed by atoms with van der Waals surface area (Å²) in [4.78, 5) is 21.8. The molecule has 1 unspecified atom stereocenters. The maximum absolute atomic E-state index is 11.8. The molecule has 0 saturated carbocycles. The van der Waals surface area contributed by atoms with Gasteiger partial charge < -0.3 is 25.6 Å².